The number of hydrogen-bond acceptors (Lipinski definition) is 7. The highest BCUT2D eigenvalue weighted by Gasteiger charge is 2.32. The maximum absolute atomic E-state index is 12.6. The molecule has 8 nitrogen and oxygen atoms in total. The smallest absolute Gasteiger partial charge is 0.247 e. The van der Waals surface area contributed by atoms with Crippen LogP contribution in [-0.2, 0) is 4.79 Å². The van der Waals surface area contributed by atoms with Crippen LogP contribution in [0, 0.1) is 12.8 Å². The molecule has 2 aliphatic rings. The lowest BCUT2D eigenvalue weighted by Crippen LogP contribution is -2.48. The van der Waals surface area contributed by atoms with Crippen molar-refractivity contribution in [3.63, 3.8) is 0 Å². The fourth-order valence-electron chi connectivity index (χ4n) is 4.05. The Labute approximate surface area is 177 Å². The minimum Gasteiger partial charge on any atom is -0.497 e. The minimum atomic E-state index is -0.258. The second-order valence-corrected chi connectivity index (χ2v) is 8.31. The van der Waals surface area contributed by atoms with E-state index in [4.69, 9.17) is 4.74 Å². The van der Waals surface area contributed by atoms with Gasteiger partial charge in [0.15, 0.2) is 11.6 Å². The molecule has 1 saturated heterocycles. The van der Waals surface area contributed by atoms with Crippen LogP contribution in [0.1, 0.15) is 26.1 Å². The summed E-state index contributed by atoms with van der Waals surface area (Å²) in [6, 6.07) is 7.89. The summed E-state index contributed by atoms with van der Waals surface area (Å²) in [5, 5.41) is 6.40. The maximum atomic E-state index is 12.6. The van der Waals surface area contributed by atoms with E-state index in [1.54, 1.807) is 7.11 Å². The summed E-state index contributed by atoms with van der Waals surface area (Å²) in [7, 11) is 1.68. The number of nitrogens with one attached hydrogen (secondary N) is 2. The fraction of sp³-hybridized carbons (Fsp3) is 0.500. The van der Waals surface area contributed by atoms with Gasteiger partial charge in [-0.05, 0) is 43.5 Å². The van der Waals surface area contributed by atoms with Crippen molar-refractivity contribution >= 4 is 28.9 Å². The van der Waals surface area contributed by atoms with Crippen molar-refractivity contribution in [1.82, 2.24) is 9.97 Å². The van der Waals surface area contributed by atoms with E-state index in [0.717, 1.165) is 50.0 Å². The van der Waals surface area contributed by atoms with Gasteiger partial charge >= 0.3 is 0 Å². The van der Waals surface area contributed by atoms with E-state index < -0.39 is 0 Å². The molecule has 1 aromatic carbocycles. The van der Waals surface area contributed by atoms with Crippen molar-refractivity contribution in [2.75, 3.05) is 53.7 Å². The molecule has 2 aliphatic heterocycles. The predicted octanol–water partition coefficient (Wildman–Crippen LogP) is 2.90. The zero-order chi connectivity index (χ0) is 21.3. The molecule has 30 heavy (non-hydrogen) atoms. The summed E-state index contributed by atoms with van der Waals surface area (Å²) in [4.78, 5) is 26.5. The van der Waals surface area contributed by atoms with Gasteiger partial charge in [0.1, 0.15) is 23.3 Å². The van der Waals surface area contributed by atoms with Gasteiger partial charge in [0.25, 0.3) is 0 Å². The zero-order valence-electron chi connectivity index (χ0n) is 18.1. The molecule has 0 saturated carbocycles. The third-order valence-electron chi connectivity index (χ3n) is 5.60. The zero-order valence-corrected chi connectivity index (χ0v) is 18.1. The summed E-state index contributed by atoms with van der Waals surface area (Å²) in [5.74, 6) is 3.49. The highest BCUT2D eigenvalue weighted by molar-refractivity contribution is 6.05. The van der Waals surface area contributed by atoms with Crippen LogP contribution in [0.4, 0.5) is 23.0 Å². The van der Waals surface area contributed by atoms with Gasteiger partial charge in [0.05, 0.1) is 7.11 Å². The van der Waals surface area contributed by atoms with Crippen LogP contribution in [0.2, 0.25) is 0 Å². The molecule has 8 heteroatoms. The molecule has 160 valence electrons. The average molecular weight is 411 g/mol. The van der Waals surface area contributed by atoms with Gasteiger partial charge < -0.3 is 25.2 Å². The Morgan fingerprint density at radius 2 is 1.77 bits per heavy atom. The molecule has 0 radical (unpaired) electrons. The molecule has 1 unspecified atom stereocenters. The summed E-state index contributed by atoms with van der Waals surface area (Å²) in [6.07, 6.45) is 0.768. The van der Waals surface area contributed by atoms with Crippen LogP contribution in [0.5, 0.6) is 5.75 Å². The van der Waals surface area contributed by atoms with E-state index in [1.807, 2.05) is 19.1 Å². The van der Waals surface area contributed by atoms with Gasteiger partial charge in [-0.2, -0.15) is 0 Å². The van der Waals surface area contributed by atoms with E-state index in [2.05, 4.69) is 56.4 Å². The Morgan fingerprint density at radius 1 is 1.10 bits per heavy atom. The average Bonchev–Trinajstić information content (AvgIpc) is 2.74. The Morgan fingerprint density at radius 3 is 2.40 bits per heavy atom. The molecule has 0 bridgehead atoms. The van der Waals surface area contributed by atoms with Crippen molar-refractivity contribution < 1.29 is 9.53 Å². The van der Waals surface area contributed by atoms with E-state index in [1.165, 1.54) is 5.69 Å². The summed E-state index contributed by atoms with van der Waals surface area (Å²) in [6.45, 7) is 9.52. The molecular weight excluding hydrogens is 380 g/mol. The quantitative estimate of drug-likeness (QED) is 0.784. The first kappa shape index (κ1) is 20.3. The first-order chi connectivity index (χ1) is 14.4. The molecule has 2 N–H and O–H groups in total. The van der Waals surface area contributed by atoms with E-state index in [-0.39, 0.29) is 11.9 Å². The van der Waals surface area contributed by atoms with Gasteiger partial charge in [0, 0.05) is 31.9 Å². The number of hydrogen-bond donors (Lipinski definition) is 2. The summed E-state index contributed by atoms with van der Waals surface area (Å²) >= 11 is 0. The summed E-state index contributed by atoms with van der Waals surface area (Å²) in [5.41, 5.74) is 1.88. The molecule has 3 heterocycles. The third-order valence-corrected chi connectivity index (χ3v) is 5.60. The minimum absolute atomic E-state index is 0.0122. The van der Waals surface area contributed by atoms with Gasteiger partial charge in [0.2, 0.25) is 5.91 Å². The molecule has 1 amide bonds. The first-order valence-corrected chi connectivity index (χ1v) is 10.5. The number of rotatable bonds is 5. The van der Waals surface area contributed by atoms with Crippen molar-refractivity contribution in [3.8, 4) is 5.75 Å². The number of aryl methyl sites for hydroxylation is 1. The van der Waals surface area contributed by atoms with Crippen LogP contribution >= 0.6 is 0 Å². The molecular formula is C22H30N6O2. The van der Waals surface area contributed by atoms with E-state index >= 15 is 0 Å². The highest BCUT2D eigenvalue weighted by Crippen LogP contribution is 2.35. The predicted molar refractivity (Wildman–Crippen MR) is 120 cm³/mol. The number of amides is 1. The number of anilines is 4. The van der Waals surface area contributed by atoms with Crippen LogP contribution in [0.15, 0.2) is 24.3 Å². The third kappa shape index (κ3) is 4.13. The van der Waals surface area contributed by atoms with Crippen LogP contribution < -0.4 is 25.2 Å². The molecule has 1 fully saturated rings. The monoisotopic (exact) mass is 410 g/mol. The second-order valence-electron chi connectivity index (χ2n) is 8.31. The molecule has 0 spiro atoms. The van der Waals surface area contributed by atoms with Crippen LogP contribution in [0.25, 0.3) is 0 Å². The lowest BCUT2D eigenvalue weighted by molar-refractivity contribution is -0.117. The lowest BCUT2D eigenvalue weighted by Gasteiger charge is -2.38. The van der Waals surface area contributed by atoms with Gasteiger partial charge in [-0.3, -0.25) is 4.79 Å². The maximum Gasteiger partial charge on any atom is 0.247 e. The van der Waals surface area contributed by atoms with Crippen LogP contribution in [-0.4, -0.2) is 55.2 Å². The Hall–Kier alpha value is -3.03. The Balaban J connectivity index is 1.50. The number of piperazine rings is 1. The normalized spacial score (nSPS) is 18.7. The fourth-order valence-corrected chi connectivity index (χ4v) is 4.05. The largest absolute Gasteiger partial charge is 0.497 e. The van der Waals surface area contributed by atoms with E-state index in [9.17, 15) is 4.79 Å². The second kappa shape index (κ2) is 8.38. The van der Waals surface area contributed by atoms with Crippen molar-refractivity contribution in [2.24, 2.45) is 5.92 Å². The van der Waals surface area contributed by atoms with Gasteiger partial charge in [-0.15, -0.1) is 0 Å². The number of carbonyl (C=O) groups excluding carboxylic acids is 1. The number of carbonyl (C=O) groups is 1. The number of aromatic nitrogens is 2. The molecule has 1 atom stereocenters. The van der Waals surface area contributed by atoms with E-state index in [0.29, 0.717) is 17.4 Å². The molecule has 1 aromatic heterocycles. The number of benzene rings is 1. The van der Waals surface area contributed by atoms with Crippen molar-refractivity contribution in [2.45, 2.75) is 33.2 Å². The number of methoxy groups -OCH3 is 1. The van der Waals surface area contributed by atoms with Gasteiger partial charge in [-0.1, -0.05) is 13.8 Å². The lowest BCUT2D eigenvalue weighted by atomic mass is 10.0. The van der Waals surface area contributed by atoms with Crippen LogP contribution in [0.3, 0.4) is 0 Å². The standard InChI is InChI=1S/C22H30N6O2/c1-14(2)13-18-22(29)26-19-20(25-18)23-15(3)24-21(19)28-11-9-27(10-12-28)16-5-7-17(30-4)8-6-16/h5-8,14,18H,9-13H2,1-4H3,(H,26,29)(H,23,24,25). The SMILES string of the molecule is COc1ccc(N2CCN(c3nc(C)nc4c3NC(=O)C(CC(C)C)N4)CC2)cc1. The highest BCUT2D eigenvalue weighted by atomic mass is 16.5. The summed E-state index contributed by atoms with van der Waals surface area (Å²) < 4.78 is 5.25. The molecule has 4 rings (SSSR count). The molecule has 2 aromatic rings. The first-order valence-electron chi connectivity index (χ1n) is 10.5. The topological polar surface area (TPSA) is 82.6 Å². The number of nitrogens with zero attached hydrogens (tertiary/aromatic N) is 4. The Bertz CT molecular complexity index is 907. The number of fused-ring (bicyclic) bond motifs is 1. The Kier molecular flexibility index (Phi) is 5.65. The molecule has 0 aliphatic carbocycles. The van der Waals surface area contributed by atoms with Crippen molar-refractivity contribution in [3.05, 3.63) is 30.1 Å². The van der Waals surface area contributed by atoms with Gasteiger partial charge in [-0.25, -0.2) is 9.97 Å². The van der Waals surface area contributed by atoms with Crippen molar-refractivity contribution in [1.29, 1.82) is 0 Å². The number of ether oxygens (including phenoxy) is 1.